The molecule has 0 aromatic heterocycles. The summed E-state index contributed by atoms with van der Waals surface area (Å²) in [7, 11) is 0.737. The average molecular weight is 235 g/mol. The van der Waals surface area contributed by atoms with Crippen LogP contribution in [0.5, 0.6) is 0 Å². The van der Waals surface area contributed by atoms with E-state index >= 15 is 0 Å². The second-order valence-corrected chi connectivity index (χ2v) is 6.11. The summed E-state index contributed by atoms with van der Waals surface area (Å²) >= 11 is 0. The maximum Gasteiger partial charge on any atom is 0.212 e. The Bertz CT molecular complexity index is 279. The molecule has 2 N–H and O–H groups in total. The first-order valence-electron chi connectivity index (χ1n) is 5.34. The first kappa shape index (κ1) is 12.9. The van der Waals surface area contributed by atoms with Gasteiger partial charge in [-0.1, -0.05) is 0 Å². The Morgan fingerprint density at radius 1 is 1.47 bits per heavy atom. The van der Waals surface area contributed by atoms with Crippen LogP contribution < -0.4 is 10.0 Å². The zero-order valence-corrected chi connectivity index (χ0v) is 10.3. The summed E-state index contributed by atoms with van der Waals surface area (Å²) in [6, 6.07) is 0. The van der Waals surface area contributed by atoms with Crippen LogP contribution >= 0.6 is 0 Å². The lowest BCUT2D eigenvalue weighted by Crippen LogP contribution is -2.34. The summed E-state index contributed by atoms with van der Waals surface area (Å²) < 4.78 is 25.6. The molecule has 0 spiro atoms. The first-order chi connectivity index (χ1) is 7.03. The highest BCUT2D eigenvalue weighted by atomic mass is 32.2. The molecule has 1 atom stereocenters. The van der Waals surface area contributed by atoms with Crippen LogP contribution in [0.3, 0.4) is 0 Å². The summed E-state index contributed by atoms with van der Waals surface area (Å²) in [6.07, 6.45) is 1.09. The van der Waals surface area contributed by atoms with Crippen molar-refractivity contribution < 1.29 is 8.42 Å². The molecule has 1 heterocycles. The van der Waals surface area contributed by atoms with Gasteiger partial charge in [0.1, 0.15) is 0 Å². The number of rotatable bonds is 6. The van der Waals surface area contributed by atoms with Crippen molar-refractivity contribution in [2.75, 3.05) is 46.0 Å². The van der Waals surface area contributed by atoms with Gasteiger partial charge >= 0.3 is 0 Å². The minimum Gasteiger partial charge on any atom is -0.319 e. The van der Waals surface area contributed by atoms with E-state index in [2.05, 4.69) is 22.0 Å². The average Bonchev–Trinajstić information content (AvgIpc) is 2.59. The van der Waals surface area contributed by atoms with E-state index in [0.29, 0.717) is 19.0 Å². The summed E-state index contributed by atoms with van der Waals surface area (Å²) in [4.78, 5) is 2.23. The van der Waals surface area contributed by atoms with Gasteiger partial charge in [-0.05, 0) is 33.0 Å². The lowest BCUT2D eigenvalue weighted by atomic mass is 10.1. The Labute approximate surface area is 92.3 Å². The summed E-state index contributed by atoms with van der Waals surface area (Å²) in [6.45, 7) is 3.15. The minimum atomic E-state index is -3.08. The zero-order valence-electron chi connectivity index (χ0n) is 9.49. The van der Waals surface area contributed by atoms with Gasteiger partial charge in [-0.15, -0.1) is 0 Å². The summed E-state index contributed by atoms with van der Waals surface area (Å²) in [5.74, 6) is 0.630. The molecule has 1 rings (SSSR count). The van der Waals surface area contributed by atoms with Crippen molar-refractivity contribution in [1.82, 2.24) is 14.9 Å². The molecule has 0 bridgehead atoms. The monoisotopic (exact) mass is 235 g/mol. The van der Waals surface area contributed by atoms with Gasteiger partial charge < -0.3 is 10.2 Å². The molecule has 1 unspecified atom stereocenters. The quantitative estimate of drug-likeness (QED) is 0.625. The van der Waals surface area contributed by atoms with Crippen LogP contribution in [-0.4, -0.2) is 59.3 Å². The highest BCUT2D eigenvalue weighted by molar-refractivity contribution is 7.89. The van der Waals surface area contributed by atoms with Gasteiger partial charge in [-0.2, -0.15) is 0 Å². The standard InChI is InChI=1S/C9H21N3O2S/c1-10-4-6-15(13,14)11-7-9-3-5-12(2)8-9/h9-11H,3-8H2,1-2H3. The van der Waals surface area contributed by atoms with E-state index in [1.807, 2.05) is 0 Å². The summed E-state index contributed by atoms with van der Waals surface area (Å²) in [5.41, 5.74) is 0. The fourth-order valence-electron chi connectivity index (χ4n) is 1.75. The molecule has 0 amide bonds. The third kappa shape index (κ3) is 4.92. The lowest BCUT2D eigenvalue weighted by molar-refractivity contribution is 0.394. The van der Waals surface area contributed by atoms with E-state index < -0.39 is 10.0 Å². The molecule has 15 heavy (non-hydrogen) atoms. The van der Waals surface area contributed by atoms with Crippen LogP contribution in [0.1, 0.15) is 6.42 Å². The van der Waals surface area contributed by atoms with Gasteiger partial charge in [0.2, 0.25) is 10.0 Å². The molecule has 0 saturated carbocycles. The van der Waals surface area contributed by atoms with Crippen LogP contribution in [-0.2, 0) is 10.0 Å². The molecule has 90 valence electrons. The highest BCUT2D eigenvalue weighted by Crippen LogP contribution is 2.12. The van der Waals surface area contributed by atoms with Gasteiger partial charge in [0.15, 0.2) is 0 Å². The SMILES string of the molecule is CNCCS(=O)(=O)NCC1CCN(C)C1. The number of likely N-dealkylation sites (tertiary alicyclic amines) is 1. The molecule has 1 saturated heterocycles. The van der Waals surface area contributed by atoms with Gasteiger partial charge in [-0.3, -0.25) is 0 Å². The first-order valence-corrected chi connectivity index (χ1v) is 6.99. The van der Waals surface area contributed by atoms with Crippen molar-refractivity contribution >= 4 is 10.0 Å². The molecule has 0 radical (unpaired) electrons. The predicted octanol–water partition coefficient (Wildman–Crippen LogP) is -0.923. The van der Waals surface area contributed by atoms with Crippen molar-refractivity contribution in [2.24, 2.45) is 5.92 Å². The van der Waals surface area contributed by atoms with Gasteiger partial charge in [-0.25, -0.2) is 13.1 Å². The lowest BCUT2D eigenvalue weighted by Gasteiger charge is -2.11. The number of nitrogens with one attached hydrogen (secondary N) is 2. The van der Waals surface area contributed by atoms with Crippen molar-refractivity contribution in [1.29, 1.82) is 0 Å². The second-order valence-electron chi connectivity index (χ2n) is 4.19. The maximum atomic E-state index is 11.5. The second kappa shape index (κ2) is 5.79. The maximum absolute atomic E-state index is 11.5. The van der Waals surface area contributed by atoms with Crippen molar-refractivity contribution in [3.63, 3.8) is 0 Å². The van der Waals surface area contributed by atoms with E-state index in [-0.39, 0.29) is 5.75 Å². The Morgan fingerprint density at radius 2 is 2.20 bits per heavy atom. The topological polar surface area (TPSA) is 61.4 Å². The molecule has 1 fully saturated rings. The van der Waals surface area contributed by atoms with Crippen LogP contribution in [0, 0.1) is 5.92 Å². The Morgan fingerprint density at radius 3 is 2.73 bits per heavy atom. The Balaban J connectivity index is 2.24. The molecular weight excluding hydrogens is 214 g/mol. The van der Waals surface area contributed by atoms with Gasteiger partial charge in [0.25, 0.3) is 0 Å². The summed E-state index contributed by atoms with van der Waals surface area (Å²) in [5, 5.41) is 2.83. The molecular formula is C9H21N3O2S. The molecule has 0 aliphatic carbocycles. The third-order valence-electron chi connectivity index (χ3n) is 2.70. The number of sulfonamides is 1. The number of nitrogens with zero attached hydrogens (tertiary/aromatic N) is 1. The molecule has 0 aromatic carbocycles. The predicted molar refractivity (Wildman–Crippen MR) is 61.3 cm³/mol. The smallest absolute Gasteiger partial charge is 0.212 e. The van der Waals surface area contributed by atoms with Gasteiger partial charge in [0.05, 0.1) is 5.75 Å². The van der Waals surface area contributed by atoms with Crippen molar-refractivity contribution in [3.8, 4) is 0 Å². The van der Waals surface area contributed by atoms with Gasteiger partial charge in [0, 0.05) is 19.6 Å². The fourth-order valence-corrected chi connectivity index (χ4v) is 2.85. The van der Waals surface area contributed by atoms with E-state index in [4.69, 9.17) is 0 Å². The normalized spacial score (nSPS) is 23.5. The zero-order chi connectivity index (χ0) is 11.3. The van der Waals surface area contributed by atoms with E-state index in [0.717, 1.165) is 19.5 Å². The van der Waals surface area contributed by atoms with E-state index in [1.165, 1.54) is 0 Å². The third-order valence-corrected chi connectivity index (χ3v) is 4.05. The Hall–Kier alpha value is -0.170. The molecule has 5 nitrogen and oxygen atoms in total. The Kier molecular flexibility index (Phi) is 4.98. The highest BCUT2D eigenvalue weighted by Gasteiger charge is 2.21. The van der Waals surface area contributed by atoms with Crippen LogP contribution in [0.25, 0.3) is 0 Å². The molecule has 6 heteroatoms. The van der Waals surface area contributed by atoms with Crippen LogP contribution in [0.4, 0.5) is 0 Å². The number of hydrogen-bond acceptors (Lipinski definition) is 4. The van der Waals surface area contributed by atoms with Crippen molar-refractivity contribution in [3.05, 3.63) is 0 Å². The van der Waals surface area contributed by atoms with E-state index in [1.54, 1.807) is 7.05 Å². The van der Waals surface area contributed by atoms with Crippen LogP contribution in [0.15, 0.2) is 0 Å². The van der Waals surface area contributed by atoms with Crippen molar-refractivity contribution in [2.45, 2.75) is 6.42 Å². The van der Waals surface area contributed by atoms with Crippen LogP contribution in [0.2, 0.25) is 0 Å². The largest absolute Gasteiger partial charge is 0.319 e. The fraction of sp³-hybridized carbons (Fsp3) is 1.00. The minimum absolute atomic E-state index is 0.159. The number of hydrogen-bond donors (Lipinski definition) is 2. The van der Waals surface area contributed by atoms with E-state index in [9.17, 15) is 8.42 Å². The molecule has 1 aliphatic heterocycles. The molecule has 0 aromatic rings. The molecule has 1 aliphatic rings.